The Morgan fingerprint density at radius 3 is 2.10 bits per heavy atom. The zero-order valence-electron chi connectivity index (χ0n) is 28.3. The van der Waals surface area contributed by atoms with Crippen molar-refractivity contribution in [3.63, 3.8) is 0 Å². The molecule has 5 aromatic rings. The molecule has 0 unspecified atom stereocenters. The number of rotatable bonds is 9. The van der Waals surface area contributed by atoms with Crippen molar-refractivity contribution in [2.75, 3.05) is 25.0 Å². The fourth-order valence-corrected chi connectivity index (χ4v) is 5.98. The van der Waals surface area contributed by atoms with E-state index in [0.717, 1.165) is 53.8 Å². The smallest absolute Gasteiger partial charge is 0.410 e. The second kappa shape index (κ2) is 13.9. The van der Waals surface area contributed by atoms with Crippen LogP contribution in [0.1, 0.15) is 44.7 Å². The minimum absolute atomic E-state index is 0.103. The normalized spacial score (nSPS) is 13.8. The maximum absolute atomic E-state index is 13.8. The number of aromatic nitrogens is 3. The van der Waals surface area contributed by atoms with Crippen LogP contribution in [0.2, 0.25) is 0 Å². The highest BCUT2D eigenvalue weighted by Crippen LogP contribution is 2.31. The fourth-order valence-electron chi connectivity index (χ4n) is 5.98. The van der Waals surface area contributed by atoms with Crippen molar-refractivity contribution in [1.29, 1.82) is 0 Å². The largest absolute Gasteiger partial charge is 0.473 e. The van der Waals surface area contributed by atoms with Crippen LogP contribution in [0.4, 0.5) is 10.5 Å². The topological polar surface area (TPSA) is 91.1 Å². The van der Waals surface area contributed by atoms with E-state index in [1.54, 1.807) is 27.1 Å². The van der Waals surface area contributed by atoms with Crippen molar-refractivity contribution >= 4 is 22.8 Å². The van der Waals surface area contributed by atoms with Gasteiger partial charge in [0.2, 0.25) is 11.8 Å². The number of hydrogen-bond acceptors (Lipinski definition) is 7. The minimum atomic E-state index is -0.531. The molecule has 10 nitrogen and oxygen atoms in total. The molecule has 0 N–H and O–H groups in total. The van der Waals surface area contributed by atoms with Crippen LogP contribution in [0.3, 0.4) is 0 Å². The molecule has 250 valence electrons. The van der Waals surface area contributed by atoms with E-state index in [-0.39, 0.29) is 24.4 Å². The van der Waals surface area contributed by atoms with Crippen LogP contribution in [0.5, 0.6) is 11.8 Å². The monoisotopic (exact) mass is 649 g/mol. The van der Waals surface area contributed by atoms with E-state index in [2.05, 4.69) is 11.0 Å². The van der Waals surface area contributed by atoms with Crippen molar-refractivity contribution in [1.82, 2.24) is 19.0 Å². The summed E-state index contributed by atoms with van der Waals surface area (Å²) in [6, 6.07) is 29.5. The number of hydrogen-bond donors (Lipinski definition) is 0. The molecule has 3 aromatic carbocycles. The molecule has 3 heterocycles. The first-order valence-electron chi connectivity index (χ1n) is 16.3. The predicted molar refractivity (Wildman–Crippen MR) is 187 cm³/mol. The van der Waals surface area contributed by atoms with E-state index in [4.69, 9.17) is 19.2 Å². The molecule has 0 saturated carbocycles. The number of carbonyl (C=O) groups is 1. The Bertz CT molecular complexity index is 1920. The molecule has 10 heteroatoms. The molecular formula is C38H43N5O5. The zero-order chi connectivity index (χ0) is 33.8. The molecule has 0 atom stereocenters. The van der Waals surface area contributed by atoms with Gasteiger partial charge in [-0.05, 0) is 69.0 Å². The lowest BCUT2D eigenvalue weighted by Crippen LogP contribution is -2.47. The van der Waals surface area contributed by atoms with Gasteiger partial charge in [0.25, 0.3) is 0 Å². The quantitative estimate of drug-likeness (QED) is 0.175. The highest BCUT2D eigenvalue weighted by molar-refractivity contribution is 5.82. The first kappa shape index (κ1) is 32.7. The van der Waals surface area contributed by atoms with Gasteiger partial charge in [0.1, 0.15) is 24.5 Å². The van der Waals surface area contributed by atoms with E-state index in [0.29, 0.717) is 24.1 Å². The summed E-state index contributed by atoms with van der Waals surface area (Å²) in [5, 5.41) is 0. The summed E-state index contributed by atoms with van der Waals surface area (Å²) >= 11 is 0. The molecular weight excluding hydrogens is 606 g/mol. The molecule has 1 aliphatic rings. The maximum Gasteiger partial charge on any atom is 0.410 e. The average molecular weight is 650 g/mol. The summed E-state index contributed by atoms with van der Waals surface area (Å²) in [5.74, 6) is 0.709. The Kier molecular flexibility index (Phi) is 9.43. The van der Waals surface area contributed by atoms with Gasteiger partial charge in [-0.3, -0.25) is 9.13 Å². The number of benzene rings is 3. The van der Waals surface area contributed by atoms with Crippen molar-refractivity contribution in [3.8, 4) is 17.4 Å². The van der Waals surface area contributed by atoms with Gasteiger partial charge in [0.15, 0.2) is 0 Å². The molecule has 1 amide bonds. The fraction of sp³-hybridized carbons (Fsp3) is 0.342. The lowest BCUT2D eigenvalue weighted by Gasteiger charge is -2.38. The highest BCUT2D eigenvalue weighted by atomic mass is 16.6. The zero-order valence-corrected chi connectivity index (χ0v) is 28.3. The van der Waals surface area contributed by atoms with Crippen LogP contribution < -0.4 is 20.1 Å². The SMILES string of the molecule is CN(C(=O)OC(C)(C)C)C1CCN(c2ccc3c(c2)n(C)c(=O)n3-c2ccc(OCc3ccccc3)nc2OCc2ccccc2)CC1. The summed E-state index contributed by atoms with van der Waals surface area (Å²) in [4.78, 5) is 35.2. The first-order valence-corrected chi connectivity index (χ1v) is 16.3. The van der Waals surface area contributed by atoms with Crippen molar-refractivity contribution < 1.29 is 19.0 Å². The number of pyridine rings is 1. The van der Waals surface area contributed by atoms with Gasteiger partial charge < -0.3 is 24.0 Å². The Hall–Kier alpha value is -5.25. The van der Waals surface area contributed by atoms with E-state index in [1.807, 2.05) is 107 Å². The average Bonchev–Trinajstić information content (AvgIpc) is 3.34. The highest BCUT2D eigenvalue weighted by Gasteiger charge is 2.29. The van der Waals surface area contributed by atoms with Gasteiger partial charge in [-0.25, -0.2) is 9.59 Å². The van der Waals surface area contributed by atoms with E-state index >= 15 is 0 Å². The molecule has 0 radical (unpaired) electrons. The number of carbonyl (C=O) groups excluding carboxylic acids is 1. The number of anilines is 1. The number of piperidine rings is 1. The Morgan fingerprint density at radius 1 is 0.854 bits per heavy atom. The summed E-state index contributed by atoms with van der Waals surface area (Å²) < 4.78 is 21.2. The van der Waals surface area contributed by atoms with Crippen molar-refractivity contribution in [3.05, 3.63) is 113 Å². The Balaban J connectivity index is 1.25. The van der Waals surface area contributed by atoms with Crippen LogP contribution in [0.15, 0.2) is 95.8 Å². The molecule has 0 bridgehead atoms. The summed E-state index contributed by atoms with van der Waals surface area (Å²) in [5.41, 5.74) is 4.37. The van der Waals surface area contributed by atoms with Crippen LogP contribution in [-0.4, -0.2) is 56.9 Å². The predicted octanol–water partition coefficient (Wildman–Crippen LogP) is 6.72. The third-order valence-corrected chi connectivity index (χ3v) is 8.60. The number of fused-ring (bicyclic) bond motifs is 1. The number of aryl methyl sites for hydroxylation is 1. The molecule has 1 saturated heterocycles. The van der Waals surface area contributed by atoms with Gasteiger partial charge in [-0.1, -0.05) is 60.7 Å². The first-order chi connectivity index (χ1) is 23.1. The standard InChI is InChI=1S/C38H43N5O5/c1-38(2,3)48-37(45)40(4)29-20-22-42(23-21-29)30-16-17-31-33(24-30)41(5)36(44)43(31)32-18-19-34(46-25-27-12-8-6-9-13-27)39-35(32)47-26-28-14-10-7-11-15-28/h6-19,24,29H,20-23,25-26H2,1-5H3. The van der Waals surface area contributed by atoms with Crippen LogP contribution in [0.25, 0.3) is 16.7 Å². The Morgan fingerprint density at radius 2 is 1.48 bits per heavy atom. The van der Waals surface area contributed by atoms with Crippen LogP contribution in [-0.2, 0) is 25.0 Å². The molecule has 48 heavy (non-hydrogen) atoms. The van der Waals surface area contributed by atoms with E-state index < -0.39 is 5.60 Å². The van der Waals surface area contributed by atoms with Crippen molar-refractivity contribution in [2.45, 2.75) is 58.5 Å². The van der Waals surface area contributed by atoms with Crippen molar-refractivity contribution in [2.24, 2.45) is 7.05 Å². The minimum Gasteiger partial charge on any atom is -0.473 e. The molecule has 2 aromatic heterocycles. The third kappa shape index (κ3) is 7.33. The van der Waals surface area contributed by atoms with Gasteiger partial charge in [0.05, 0.1) is 11.0 Å². The molecule has 0 spiro atoms. The maximum atomic E-state index is 13.8. The second-order valence-electron chi connectivity index (χ2n) is 13.2. The van der Waals surface area contributed by atoms with Crippen LogP contribution in [0, 0.1) is 0 Å². The summed E-state index contributed by atoms with van der Waals surface area (Å²) in [6.07, 6.45) is 1.34. The summed E-state index contributed by atoms with van der Waals surface area (Å²) in [7, 11) is 3.59. The molecule has 1 aliphatic heterocycles. The van der Waals surface area contributed by atoms with Gasteiger partial charge in [-0.15, -0.1) is 0 Å². The lowest BCUT2D eigenvalue weighted by molar-refractivity contribution is 0.0201. The summed E-state index contributed by atoms with van der Waals surface area (Å²) in [6.45, 7) is 7.84. The van der Waals surface area contributed by atoms with Gasteiger partial charge in [0, 0.05) is 45.0 Å². The number of nitrogens with zero attached hydrogens (tertiary/aromatic N) is 5. The van der Waals surface area contributed by atoms with E-state index in [1.165, 1.54) is 0 Å². The third-order valence-electron chi connectivity index (χ3n) is 8.60. The number of ether oxygens (including phenoxy) is 3. The Labute approximate surface area is 281 Å². The van der Waals surface area contributed by atoms with Gasteiger partial charge in [-0.2, -0.15) is 4.98 Å². The number of imidazole rings is 1. The molecule has 6 rings (SSSR count). The van der Waals surface area contributed by atoms with Crippen LogP contribution >= 0.6 is 0 Å². The second-order valence-corrected chi connectivity index (χ2v) is 13.2. The van der Waals surface area contributed by atoms with E-state index in [9.17, 15) is 9.59 Å². The van der Waals surface area contributed by atoms with Gasteiger partial charge >= 0.3 is 11.8 Å². The molecule has 0 aliphatic carbocycles. The number of amides is 1. The lowest BCUT2D eigenvalue weighted by atomic mass is 10.0. The molecule has 1 fully saturated rings.